The maximum Gasteiger partial charge on any atom is 0.343 e. The molecule has 0 radical (unpaired) electrons. The molecule has 3 aromatic rings. The Morgan fingerprint density at radius 3 is 1.45 bits per heavy atom. The van der Waals surface area contributed by atoms with Gasteiger partial charge in [0, 0.05) is 6.61 Å². The topological polar surface area (TPSA) is 44.8 Å². The van der Waals surface area contributed by atoms with Gasteiger partial charge in [-0.15, -0.1) is 0 Å². The molecule has 0 amide bonds. The smallest absolute Gasteiger partial charge is 0.343 e. The summed E-state index contributed by atoms with van der Waals surface area (Å²) in [6.07, 6.45) is 24.1. The van der Waals surface area contributed by atoms with Crippen LogP contribution in [0.3, 0.4) is 0 Å². The van der Waals surface area contributed by atoms with Crippen LogP contribution in [0.25, 0.3) is 11.1 Å². The predicted molar refractivity (Wildman–Crippen MR) is 198 cm³/mol. The SMILES string of the molecule is CCCCCCCCCCCCCCCCCCOC(C)c1ccc(C(=O)Oc2ccc(-c3ccc(OCCCC)cc3)cc2)cc1. The molecule has 258 valence electrons. The highest BCUT2D eigenvalue weighted by molar-refractivity contribution is 5.91. The van der Waals surface area contributed by atoms with E-state index in [0.29, 0.717) is 11.3 Å². The summed E-state index contributed by atoms with van der Waals surface area (Å²) < 4.78 is 17.5. The van der Waals surface area contributed by atoms with E-state index in [1.54, 1.807) is 0 Å². The minimum absolute atomic E-state index is 0.000856. The lowest BCUT2D eigenvalue weighted by molar-refractivity contribution is 0.0626. The average Bonchev–Trinajstić information content (AvgIpc) is 3.10. The van der Waals surface area contributed by atoms with Gasteiger partial charge in [-0.1, -0.05) is 153 Å². The van der Waals surface area contributed by atoms with Crippen molar-refractivity contribution in [2.75, 3.05) is 13.2 Å². The second-order valence-corrected chi connectivity index (χ2v) is 13.1. The molecule has 0 fully saturated rings. The van der Waals surface area contributed by atoms with Gasteiger partial charge < -0.3 is 14.2 Å². The summed E-state index contributed by atoms with van der Waals surface area (Å²) in [4.78, 5) is 12.8. The van der Waals surface area contributed by atoms with Crippen molar-refractivity contribution < 1.29 is 19.0 Å². The molecule has 47 heavy (non-hydrogen) atoms. The maximum atomic E-state index is 12.8. The first-order valence-corrected chi connectivity index (χ1v) is 18.9. The standard InChI is InChI=1S/C43H62O4/c1-4-6-8-9-10-11-12-13-14-15-16-17-18-19-20-21-35-45-36(3)37-22-24-40(25-23-37)43(44)47-42-32-28-39(29-33-42)38-26-30-41(31-27-38)46-34-7-5-2/h22-33,36H,4-21,34-35H2,1-3H3. The van der Waals surface area contributed by atoms with Crippen LogP contribution in [-0.4, -0.2) is 19.2 Å². The number of hydrogen-bond acceptors (Lipinski definition) is 4. The molecule has 0 heterocycles. The Morgan fingerprint density at radius 1 is 0.511 bits per heavy atom. The van der Waals surface area contributed by atoms with Crippen LogP contribution in [0.2, 0.25) is 0 Å². The molecule has 4 nitrogen and oxygen atoms in total. The Kier molecular flexibility index (Phi) is 19.7. The van der Waals surface area contributed by atoms with Gasteiger partial charge in [-0.05, 0) is 72.9 Å². The third-order valence-corrected chi connectivity index (χ3v) is 9.00. The third-order valence-electron chi connectivity index (χ3n) is 9.00. The summed E-state index contributed by atoms with van der Waals surface area (Å²) in [6, 6.07) is 23.3. The third kappa shape index (κ3) is 16.0. The van der Waals surface area contributed by atoms with E-state index in [4.69, 9.17) is 14.2 Å². The zero-order chi connectivity index (χ0) is 33.4. The van der Waals surface area contributed by atoms with Crippen molar-refractivity contribution in [1.29, 1.82) is 0 Å². The molecular weight excluding hydrogens is 580 g/mol. The maximum absolute atomic E-state index is 12.8. The van der Waals surface area contributed by atoms with Gasteiger partial charge in [-0.25, -0.2) is 4.79 Å². The molecule has 0 saturated heterocycles. The number of rotatable bonds is 26. The summed E-state index contributed by atoms with van der Waals surface area (Å²) in [5, 5.41) is 0. The minimum Gasteiger partial charge on any atom is -0.494 e. The van der Waals surface area contributed by atoms with Gasteiger partial charge in [-0.3, -0.25) is 0 Å². The van der Waals surface area contributed by atoms with Crippen LogP contribution in [0.4, 0.5) is 0 Å². The molecule has 0 aromatic heterocycles. The zero-order valence-corrected chi connectivity index (χ0v) is 29.8. The van der Waals surface area contributed by atoms with E-state index in [1.165, 1.54) is 96.3 Å². The first-order valence-electron chi connectivity index (χ1n) is 18.9. The van der Waals surface area contributed by atoms with E-state index in [2.05, 4.69) is 32.9 Å². The Morgan fingerprint density at radius 2 is 0.957 bits per heavy atom. The van der Waals surface area contributed by atoms with Crippen molar-refractivity contribution in [3.05, 3.63) is 83.9 Å². The largest absolute Gasteiger partial charge is 0.494 e. The fourth-order valence-electron chi connectivity index (χ4n) is 5.86. The second kappa shape index (κ2) is 24.1. The van der Waals surface area contributed by atoms with Crippen LogP contribution in [0.5, 0.6) is 11.5 Å². The van der Waals surface area contributed by atoms with E-state index in [9.17, 15) is 4.79 Å². The van der Waals surface area contributed by atoms with Gasteiger partial charge in [0.05, 0.1) is 18.3 Å². The molecule has 0 aliphatic carbocycles. The lowest BCUT2D eigenvalue weighted by Crippen LogP contribution is -2.09. The number of hydrogen-bond donors (Lipinski definition) is 0. The van der Waals surface area contributed by atoms with Gasteiger partial charge >= 0.3 is 5.97 Å². The first kappa shape index (κ1) is 38.3. The molecule has 0 bridgehead atoms. The summed E-state index contributed by atoms with van der Waals surface area (Å²) in [6.45, 7) is 8.04. The highest BCUT2D eigenvalue weighted by atomic mass is 16.5. The van der Waals surface area contributed by atoms with Crippen molar-refractivity contribution in [3.63, 3.8) is 0 Å². The lowest BCUT2D eigenvalue weighted by atomic mass is 10.0. The van der Waals surface area contributed by atoms with E-state index >= 15 is 0 Å². The van der Waals surface area contributed by atoms with E-state index in [1.807, 2.05) is 60.7 Å². The molecule has 4 heteroatoms. The molecule has 3 aromatic carbocycles. The van der Waals surface area contributed by atoms with Gasteiger partial charge in [-0.2, -0.15) is 0 Å². The second-order valence-electron chi connectivity index (χ2n) is 13.1. The zero-order valence-electron chi connectivity index (χ0n) is 29.8. The van der Waals surface area contributed by atoms with Gasteiger partial charge in [0.15, 0.2) is 0 Å². The van der Waals surface area contributed by atoms with Crippen molar-refractivity contribution in [2.45, 2.75) is 142 Å². The number of unbranched alkanes of at least 4 members (excludes halogenated alkanes) is 16. The number of esters is 1. The van der Waals surface area contributed by atoms with Gasteiger partial charge in [0.1, 0.15) is 11.5 Å². The van der Waals surface area contributed by atoms with Gasteiger partial charge in [0.25, 0.3) is 0 Å². The number of carbonyl (C=O) groups excluding carboxylic acids is 1. The van der Waals surface area contributed by atoms with Crippen molar-refractivity contribution in [2.24, 2.45) is 0 Å². The lowest BCUT2D eigenvalue weighted by Gasteiger charge is -2.14. The van der Waals surface area contributed by atoms with E-state index < -0.39 is 0 Å². The number of benzene rings is 3. The molecule has 0 aliphatic rings. The molecule has 3 rings (SSSR count). The Labute approximate surface area is 286 Å². The number of ether oxygens (including phenoxy) is 3. The molecule has 0 aliphatic heterocycles. The van der Waals surface area contributed by atoms with Gasteiger partial charge in [0.2, 0.25) is 0 Å². The molecule has 1 atom stereocenters. The minimum atomic E-state index is -0.361. The predicted octanol–water partition coefficient (Wildman–Crippen LogP) is 13.1. The fraction of sp³-hybridized carbons (Fsp3) is 0.558. The van der Waals surface area contributed by atoms with Crippen LogP contribution in [-0.2, 0) is 4.74 Å². The molecule has 1 unspecified atom stereocenters. The highest BCUT2D eigenvalue weighted by Crippen LogP contribution is 2.26. The Hall–Kier alpha value is -3.11. The van der Waals surface area contributed by atoms with E-state index in [0.717, 1.165) is 54.9 Å². The van der Waals surface area contributed by atoms with Crippen molar-refractivity contribution in [3.8, 4) is 22.6 Å². The normalized spacial score (nSPS) is 11.8. The summed E-state index contributed by atoms with van der Waals surface area (Å²) in [5.41, 5.74) is 3.75. The molecule has 0 N–H and O–H groups in total. The van der Waals surface area contributed by atoms with Crippen LogP contribution >= 0.6 is 0 Å². The quantitative estimate of drug-likeness (QED) is 0.0496. The van der Waals surface area contributed by atoms with Crippen molar-refractivity contribution in [1.82, 2.24) is 0 Å². The molecule has 0 saturated carbocycles. The molecular formula is C43H62O4. The highest BCUT2D eigenvalue weighted by Gasteiger charge is 2.12. The van der Waals surface area contributed by atoms with Crippen LogP contribution in [0.15, 0.2) is 72.8 Å². The fourth-order valence-corrected chi connectivity index (χ4v) is 5.86. The summed E-state index contributed by atoms with van der Waals surface area (Å²) in [7, 11) is 0. The van der Waals surface area contributed by atoms with Crippen LogP contribution in [0, 0.1) is 0 Å². The Bertz CT molecular complexity index is 1200. The molecule has 0 spiro atoms. The first-order chi connectivity index (χ1) is 23.1. The average molecular weight is 643 g/mol. The van der Waals surface area contributed by atoms with Crippen LogP contribution < -0.4 is 9.47 Å². The van der Waals surface area contributed by atoms with Crippen LogP contribution in [0.1, 0.15) is 158 Å². The summed E-state index contributed by atoms with van der Waals surface area (Å²) >= 11 is 0. The summed E-state index contributed by atoms with van der Waals surface area (Å²) in [5.74, 6) is 1.05. The Balaban J connectivity index is 1.24. The number of carbonyl (C=O) groups is 1. The van der Waals surface area contributed by atoms with Crippen molar-refractivity contribution >= 4 is 5.97 Å². The van der Waals surface area contributed by atoms with E-state index in [-0.39, 0.29) is 12.1 Å². The monoisotopic (exact) mass is 642 g/mol.